The molecule has 420 valence electrons. The minimum absolute atomic E-state index is 0.0114. The van der Waals surface area contributed by atoms with Gasteiger partial charge in [0.1, 0.15) is 30.7 Å². The Bertz CT molecular complexity index is 2210. The van der Waals surface area contributed by atoms with Gasteiger partial charge in [0, 0.05) is 19.0 Å². The van der Waals surface area contributed by atoms with Crippen LogP contribution >= 0.6 is 15.6 Å². The second-order valence-corrected chi connectivity index (χ2v) is 21.1. The van der Waals surface area contributed by atoms with Crippen LogP contribution in [0.25, 0.3) is 0 Å². The van der Waals surface area contributed by atoms with Crippen LogP contribution in [0.4, 0.5) is 5.82 Å². The lowest BCUT2D eigenvalue weighted by Gasteiger charge is -2.21. The average molecular weight is 1090 g/mol. The molecule has 3 rings (SSSR count). The van der Waals surface area contributed by atoms with Crippen molar-refractivity contribution in [2.24, 2.45) is 0 Å². The van der Waals surface area contributed by atoms with Gasteiger partial charge in [-0.3, -0.25) is 23.2 Å². The largest absolute Gasteiger partial charge is 0.481 e. The summed E-state index contributed by atoms with van der Waals surface area (Å²) in [6.07, 6.45) is 43.5. The normalized spacial score (nSPS) is 22.3. The van der Waals surface area contributed by atoms with Gasteiger partial charge in [0.15, 0.2) is 12.3 Å². The molecule has 0 radical (unpaired) electrons. The van der Waals surface area contributed by atoms with Crippen LogP contribution in [0.5, 0.6) is 0 Å². The van der Waals surface area contributed by atoms with Crippen LogP contribution in [-0.2, 0) is 51.0 Å². The number of ether oxygens (including phenoxy) is 4. The predicted molar refractivity (Wildman–Crippen MR) is 288 cm³/mol. The second-order valence-electron chi connectivity index (χ2n) is 18.0. The SMILES string of the molecule is CC/C=C\C/C=C\C/C=C\C/C=C\C/C=C\CCCCCC(=O)O[C@H](COC(=O)CCCC1OC1C/C=C\C/C=C\C/C=C\CCCCC)COP(=O)(O)OP(=O)(O)OC[C@H]1O[C@@H](n2ccc(N)nc2=O)[C@H](O)[C@@H]1O. The second kappa shape index (κ2) is 38.2. The van der Waals surface area contributed by atoms with Crippen molar-refractivity contribution >= 4 is 33.4 Å². The van der Waals surface area contributed by atoms with Gasteiger partial charge in [-0.1, -0.05) is 130 Å². The zero-order chi connectivity index (χ0) is 54.6. The van der Waals surface area contributed by atoms with E-state index in [0.717, 1.165) is 81.4 Å². The Morgan fingerprint density at radius 3 is 1.84 bits per heavy atom. The van der Waals surface area contributed by atoms with Gasteiger partial charge >= 0.3 is 33.3 Å². The maximum absolute atomic E-state index is 12.9. The number of aliphatic hydroxyl groups is 2. The molecule has 3 heterocycles. The highest BCUT2D eigenvalue weighted by molar-refractivity contribution is 7.61. The first-order valence-corrected chi connectivity index (χ1v) is 29.4. The summed E-state index contributed by atoms with van der Waals surface area (Å²) in [5.41, 5.74) is 4.58. The molecule has 75 heavy (non-hydrogen) atoms. The summed E-state index contributed by atoms with van der Waals surface area (Å²) < 4.78 is 62.6. The highest BCUT2D eigenvalue weighted by Crippen LogP contribution is 2.60. The Balaban J connectivity index is 1.43. The van der Waals surface area contributed by atoms with Crippen LogP contribution in [0, 0.1) is 0 Å². The Kier molecular flexibility index (Phi) is 33.1. The van der Waals surface area contributed by atoms with Crippen molar-refractivity contribution in [1.82, 2.24) is 9.55 Å². The number of esters is 2. The lowest BCUT2D eigenvalue weighted by atomic mass is 10.1. The third kappa shape index (κ3) is 30.2. The number of hydrogen-bond donors (Lipinski definition) is 5. The molecule has 6 N–H and O–H groups in total. The summed E-state index contributed by atoms with van der Waals surface area (Å²) in [7, 11) is -10.9. The molecular formula is C54H83N3O16P2. The Morgan fingerprint density at radius 2 is 1.24 bits per heavy atom. The highest BCUT2D eigenvalue weighted by Gasteiger charge is 2.46. The summed E-state index contributed by atoms with van der Waals surface area (Å²) in [5, 5.41) is 20.9. The van der Waals surface area contributed by atoms with Gasteiger partial charge in [-0.05, 0) is 102 Å². The first-order valence-electron chi connectivity index (χ1n) is 26.4. The van der Waals surface area contributed by atoms with Crippen LogP contribution in [-0.4, -0.2) is 97.9 Å². The minimum atomic E-state index is -5.46. The number of epoxide rings is 1. The van der Waals surface area contributed by atoms with Crippen LogP contribution in [0.3, 0.4) is 0 Å². The molecule has 0 aliphatic carbocycles. The van der Waals surface area contributed by atoms with Crippen molar-refractivity contribution in [2.75, 3.05) is 25.6 Å². The molecule has 0 amide bonds. The Hall–Kier alpha value is -4.36. The van der Waals surface area contributed by atoms with E-state index in [9.17, 15) is 43.5 Å². The van der Waals surface area contributed by atoms with Crippen molar-refractivity contribution in [1.29, 1.82) is 0 Å². The van der Waals surface area contributed by atoms with Crippen LogP contribution in [0.2, 0.25) is 0 Å². The van der Waals surface area contributed by atoms with Gasteiger partial charge in [0.05, 0.1) is 25.4 Å². The topological polar surface area (TPSA) is 278 Å². The van der Waals surface area contributed by atoms with Crippen molar-refractivity contribution < 1.29 is 71.0 Å². The maximum atomic E-state index is 12.9. The number of unbranched alkanes of at least 4 members (excludes halogenated alkanes) is 6. The predicted octanol–water partition coefficient (Wildman–Crippen LogP) is 10.2. The molecule has 0 spiro atoms. The molecule has 0 bridgehead atoms. The first-order chi connectivity index (χ1) is 36.1. The fourth-order valence-electron chi connectivity index (χ4n) is 7.43. The number of nitrogen functional groups attached to an aromatic ring is 1. The highest BCUT2D eigenvalue weighted by atomic mass is 31.3. The molecule has 1 aromatic rings. The molecular weight excluding hydrogens is 1010 g/mol. The van der Waals surface area contributed by atoms with Gasteiger partial charge in [0.2, 0.25) is 0 Å². The molecule has 2 aliphatic rings. The van der Waals surface area contributed by atoms with Gasteiger partial charge in [-0.15, -0.1) is 0 Å². The van der Waals surface area contributed by atoms with Gasteiger partial charge < -0.3 is 44.7 Å². The molecule has 2 saturated heterocycles. The van der Waals surface area contributed by atoms with Crippen molar-refractivity contribution in [3.63, 3.8) is 0 Å². The van der Waals surface area contributed by atoms with Crippen LogP contribution in [0.15, 0.2) is 114 Å². The number of phosphoric acid groups is 2. The third-order valence-electron chi connectivity index (χ3n) is 11.6. The van der Waals surface area contributed by atoms with Crippen molar-refractivity contribution in [2.45, 2.75) is 185 Å². The van der Waals surface area contributed by atoms with E-state index in [1.165, 1.54) is 25.3 Å². The van der Waals surface area contributed by atoms with E-state index in [1.54, 1.807) is 0 Å². The molecule has 4 unspecified atom stereocenters. The van der Waals surface area contributed by atoms with Gasteiger partial charge in [-0.2, -0.15) is 9.29 Å². The molecule has 0 aromatic carbocycles. The van der Waals surface area contributed by atoms with E-state index >= 15 is 0 Å². The lowest BCUT2D eigenvalue weighted by molar-refractivity contribution is -0.161. The number of aromatic nitrogens is 2. The fourth-order valence-corrected chi connectivity index (χ4v) is 9.54. The van der Waals surface area contributed by atoms with Crippen LogP contribution < -0.4 is 11.4 Å². The number of carbonyl (C=O) groups excluding carboxylic acids is 2. The van der Waals surface area contributed by atoms with Gasteiger partial charge in [-0.25, -0.2) is 13.9 Å². The molecule has 21 heteroatoms. The third-order valence-corrected chi connectivity index (χ3v) is 14.2. The summed E-state index contributed by atoms with van der Waals surface area (Å²) in [4.78, 5) is 62.1. The number of phosphoric ester groups is 2. The number of rotatable bonds is 41. The summed E-state index contributed by atoms with van der Waals surface area (Å²) in [6.45, 7) is 1.90. The first kappa shape index (κ1) is 64.9. The number of carbonyl (C=O) groups is 2. The quantitative estimate of drug-likeness (QED) is 0.0134. The Labute approximate surface area is 443 Å². The van der Waals surface area contributed by atoms with Crippen LogP contribution in [0.1, 0.15) is 148 Å². The van der Waals surface area contributed by atoms with E-state index in [-0.39, 0.29) is 30.9 Å². The number of nitrogens with two attached hydrogens (primary N) is 1. The van der Waals surface area contributed by atoms with Gasteiger partial charge in [0.25, 0.3) is 0 Å². The fraction of sp³-hybridized carbons (Fsp3) is 0.593. The summed E-state index contributed by atoms with van der Waals surface area (Å²) in [6, 6.07) is 1.24. The lowest BCUT2D eigenvalue weighted by Crippen LogP contribution is -2.36. The number of aliphatic hydroxyl groups excluding tert-OH is 2. The number of allylic oxidation sites excluding steroid dienone is 15. The molecule has 19 nitrogen and oxygen atoms in total. The number of anilines is 1. The van der Waals surface area contributed by atoms with Crippen molar-refractivity contribution in [3.8, 4) is 0 Å². The average Bonchev–Trinajstić information content (AvgIpc) is 4.06. The number of hydrogen-bond acceptors (Lipinski definition) is 16. The van der Waals surface area contributed by atoms with E-state index in [0.29, 0.717) is 25.7 Å². The molecule has 1 aromatic heterocycles. The summed E-state index contributed by atoms with van der Waals surface area (Å²) >= 11 is 0. The summed E-state index contributed by atoms with van der Waals surface area (Å²) in [5.74, 6) is -1.43. The van der Waals surface area contributed by atoms with E-state index < -0.39 is 83.7 Å². The zero-order valence-corrected chi connectivity index (χ0v) is 45.5. The number of nitrogens with zero attached hydrogens (tertiary/aromatic N) is 2. The monoisotopic (exact) mass is 1090 g/mol. The Morgan fingerprint density at radius 1 is 0.680 bits per heavy atom. The maximum Gasteiger partial charge on any atom is 0.481 e. The van der Waals surface area contributed by atoms with E-state index in [2.05, 4.69) is 120 Å². The smallest absolute Gasteiger partial charge is 0.462 e. The zero-order valence-electron chi connectivity index (χ0n) is 43.8. The molecule has 2 fully saturated rings. The molecule has 2 aliphatic heterocycles. The standard InChI is InChI=1S/C54H83N3O16P2/c1-3-5-7-9-11-13-15-17-18-19-20-21-22-23-25-27-29-31-33-37-50(59)70-44(41-67-49(58)38-34-36-46-45(71-46)35-32-30-28-26-24-16-14-12-10-8-6-4-2)42-68-74(63,64)73-75(65,66)69-43-47-51(60)52(61)53(72-47)57-40-39-48(55)56-54(57)62/h5,7,11-14,17-18,20-21,23-26,30,32,39-40,44-47,51-53,60-61H,3-4,6,8-10,15-16,19,22,27-29,31,33-38,41-43H2,1-2H3,(H,63,64)(H,65,66)(H2,55,56,62)/b7-5-,13-11-,14-12-,18-17-,21-20-,25-23-,26-24-,32-30-/t44-,45?,46?,47-,51-,52-,53-/m1/s1. The molecule has 0 saturated carbocycles. The van der Waals surface area contributed by atoms with E-state index in [1.807, 2.05) is 0 Å². The van der Waals surface area contributed by atoms with E-state index in [4.69, 9.17) is 33.7 Å². The molecule has 9 atom stereocenters. The van der Waals surface area contributed by atoms with Crippen molar-refractivity contribution in [3.05, 3.63) is 120 Å². The minimum Gasteiger partial charge on any atom is -0.462 e.